The number of amides is 1. The van der Waals surface area contributed by atoms with E-state index in [1.54, 1.807) is 0 Å². The highest BCUT2D eigenvalue weighted by atomic mass is 16.5. The molecule has 0 radical (unpaired) electrons. The minimum atomic E-state index is -0.272. The van der Waals surface area contributed by atoms with Crippen LogP contribution in [-0.2, 0) is 11.3 Å². The summed E-state index contributed by atoms with van der Waals surface area (Å²) in [4.78, 5) is 11.3. The van der Waals surface area contributed by atoms with Crippen LogP contribution in [0.1, 0.15) is 37.3 Å². The summed E-state index contributed by atoms with van der Waals surface area (Å²) in [5, 5.41) is 11.1. The number of hydrogen-bond donors (Lipinski definition) is 1. The number of nitriles is 1. The normalized spacial score (nSPS) is 10.2. The van der Waals surface area contributed by atoms with Gasteiger partial charge in [0.15, 0.2) is 0 Å². The summed E-state index contributed by atoms with van der Waals surface area (Å²) < 4.78 is 11.5. The first-order chi connectivity index (χ1) is 12.6. The molecule has 1 amide bonds. The van der Waals surface area contributed by atoms with Crippen molar-refractivity contribution < 1.29 is 14.3 Å². The highest BCUT2D eigenvalue weighted by molar-refractivity contribution is 5.77. The van der Waals surface area contributed by atoms with Gasteiger partial charge in [-0.05, 0) is 35.2 Å². The topological polar surface area (TPSA) is 71.3 Å². The largest absolute Gasteiger partial charge is 0.490 e. The lowest BCUT2D eigenvalue weighted by atomic mass is 10.0. The number of carbonyl (C=O) groups is 1. The van der Waals surface area contributed by atoms with Crippen molar-refractivity contribution in [2.45, 2.75) is 32.7 Å². The molecule has 136 valence electrons. The second kappa shape index (κ2) is 10.1. The molecule has 0 spiro atoms. The standard InChI is InChI=1S/C21H24N2O3/c1-16(2)19-5-3-4-6-20(19)26-14-13-25-18-9-7-17(8-10-18)15-23-21(24)11-12-22/h3-10,16H,11,13-15H2,1-2H3,(H,23,24). The number of carbonyl (C=O) groups excluding carboxylic acids is 1. The fourth-order valence-corrected chi connectivity index (χ4v) is 2.44. The number of benzene rings is 2. The van der Waals surface area contributed by atoms with Gasteiger partial charge in [0.25, 0.3) is 0 Å². The molecule has 2 aromatic rings. The third-order valence-corrected chi connectivity index (χ3v) is 3.80. The van der Waals surface area contributed by atoms with E-state index in [-0.39, 0.29) is 12.3 Å². The fourth-order valence-electron chi connectivity index (χ4n) is 2.44. The predicted molar refractivity (Wildman–Crippen MR) is 100 cm³/mol. The zero-order valence-electron chi connectivity index (χ0n) is 15.2. The summed E-state index contributed by atoms with van der Waals surface area (Å²) in [5.74, 6) is 1.78. The minimum Gasteiger partial charge on any atom is -0.490 e. The van der Waals surface area contributed by atoms with Gasteiger partial charge in [-0.2, -0.15) is 5.26 Å². The number of ether oxygens (including phenoxy) is 2. The van der Waals surface area contributed by atoms with Crippen molar-refractivity contribution in [3.8, 4) is 17.6 Å². The van der Waals surface area contributed by atoms with Gasteiger partial charge >= 0.3 is 0 Å². The van der Waals surface area contributed by atoms with Crippen LogP contribution in [0.2, 0.25) is 0 Å². The molecule has 0 aliphatic rings. The van der Waals surface area contributed by atoms with Crippen LogP contribution in [0.4, 0.5) is 0 Å². The molecule has 0 saturated carbocycles. The van der Waals surface area contributed by atoms with Crippen LogP contribution in [0.3, 0.4) is 0 Å². The molecule has 5 heteroatoms. The summed E-state index contributed by atoms with van der Waals surface area (Å²) in [5.41, 5.74) is 2.14. The molecule has 2 rings (SSSR count). The highest BCUT2D eigenvalue weighted by Crippen LogP contribution is 2.25. The van der Waals surface area contributed by atoms with E-state index in [4.69, 9.17) is 14.7 Å². The van der Waals surface area contributed by atoms with Gasteiger partial charge < -0.3 is 14.8 Å². The number of hydrogen-bond acceptors (Lipinski definition) is 4. The Balaban J connectivity index is 1.75. The van der Waals surface area contributed by atoms with Crippen molar-refractivity contribution in [2.24, 2.45) is 0 Å². The first-order valence-corrected chi connectivity index (χ1v) is 8.67. The van der Waals surface area contributed by atoms with E-state index in [0.717, 1.165) is 17.1 Å². The lowest BCUT2D eigenvalue weighted by molar-refractivity contribution is -0.120. The Hall–Kier alpha value is -3.00. The molecule has 1 N–H and O–H groups in total. The Morgan fingerprint density at radius 1 is 1.08 bits per heavy atom. The van der Waals surface area contributed by atoms with E-state index < -0.39 is 0 Å². The van der Waals surface area contributed by atoms with E-state index in [9.17, 15) is 4.79 Å². The molecule has 0 heterocycles. The van der Waals surface area contributed by atoms with Crippen molar-refractivity contribution >= 4 is 5.91 Å². The van der Waals surface area contributed by atoms with E-state index in [0.29, 0.717) is 25.7 Å². The number of nitrogens with zero attached hydrogens (tertiary/aromatic N) is 1. The highest BCUT2D eigenvalue weighted by Gasteiger charge is 2.06. The van der Waals surface area contributed by atoms with Gasteiger partial charge in [-0.1, -0.05) is 44.2 Å². The number of nitrogens with one attached hydrogen (secondary N) is 1. The zero-order valence-corrected chi connectivity index (χ0v) is 15.2. The Labute approximate surface area is 154 Å². The Bertz CT molecular complexity index is 749. The third kappa shape index (κ3) is 6.14. The number of para-hydroxylation sites is 1. The predicted octanol–water partition coefficient (Wildman–Crippen LogP) is 3.80. The van der Waals surface area contributed by atoms with Crippen molar-refractivity contribution in [1.82, 2.24) is 5.32 Å². The fraction of sp³-hybridized carbons (Fsp3) is 0.333. The first-order valence-electron chi connectivity index (χ1n) is 8.67. The molecule has 0 saturated heterocycles. The average Bonchev–Trinajstić information content (AvgIpc) is 2.65. The molecular formula is C21H24N2O3. The monoisotopic (exact) mass is 352 g/mol. The van der Waals surface area contributed by atoms with Crippen LogP contribution in [0.15, 0.2) is 48.5 Å². The zero-order chi connectivity index (χ0) is 18.8. The molecule has 5 nitrogen and oxygen atoms in total. The SMILES string of the molecule is CC(C)c1ccccc1OCCOc1ccc(CNC(=O)CC#N)cc1. The average molecular weight is 352 g/mol. The molecular weight excluding hydrogens is 328 g/mol. The Kier molecular flexibility index (Phi) is 7.50. The lowest BCUT2D eigenvalue weighted by Gasteiger charge is -2.14. The van der Waals surface area contributed by atoms with Gasteiger partial charge in [-0.25, -0.2) is 0 Å². The second-order valence-electron chi connectivity index (χ2n) is 6.15. The Morgan fingerprint density at radius 3 is 2.46 bits per heavy atom. The van der Waals surface area contributed by atoms with Crippen molar-refractivity contribution in [2.75, 3.05) is 13.2 Å². The summed E-state index contributed by atoms with van der Waals surface area (Å²) in [6.45, 7) is 5.60. The molecule has 2 aromatic carbocycles. The molecule has 0 atom stereocenters. The minimum absolute atomic E-state index is 0.124. The van der Waals surface area contributed by atoms with Crippen LogP contribution in [0, 0.1) is 11.3 Å². The van der Waals surface area contributed by atoms with Crippen LogP contribution < -0.4 is 14.8 Å². The van der Waals surface area contributed by atoms with E-state index in [2.05, 4.69) is 25.2 Å². The van der Waals surface area contributed by atoms with Crippen LogP contribution in [-0.4, -0.2) is 19.1 Å². The molecule has 26 heavy (non-hydrogen) atoms. The maximum Gasteiger partial charge on any atom is 0.234 e. The maximum absolute atomic E-state index is 11.3. The quantitative estimate of drug-likeness (QED) is 0.697. The van der Waals surface area contributed by atoms with Gasteiger partial charge in [-0.3, -0.25) is 4.79 Å². The van der Waals surface area contributed by atoms with E-state index in [1.165, 1.54) is 5.56 Å². The van der Waals surface area contributed by atoms with Crippen molar-refractivity contribution in [1.29, 1.82) is 5.26 Å². The smallest absolute Gasteiger partial charge is 0.234 e. The van der Waals surface area contributed by atoms with Gasteiger partial charge in [0, 0.05) is 6.54 Å². The summed E-state index contributed by atoms with van der Waals surface area (Å²) in [6.07, 6.45) is -0.124. The summed E-state index contributed by atoms with van der Waals surface area (Å²) >= 11 is 0. The molecule has 0 unspecified atom stereocenters. The summed E-state index contributed by atoms with van der Waals surface area (Å²) in [6, 6.07) is 17.3. The van der Waals surface area contributed by atoms with E-state index in [1.807, 2.05) is 48.5 Å². The second-order valence-corrected chi connectivity index (χ2v) is 6.15. The molecule has 0 fully saturated rings. The third-order valence-electron chi connectivity index (χ3n) is 3.80. The van der Waals surface area contributed by atoms with Crippen LogP contribution in [0.25, 0.3) is 0 Å². The molecule has 0 bridgehead atoms. The van der Waals surface area contributed by atoms with Crippen molar-refractivity contribution in [3.63, 3.8) is 0 Å². The van der Waals surface area contributed by atoms with Gasteiger partial charge in [0.2, 0.25) is 5.91 Å². The summed E-state index contributed by atoms with van der Waals surface area (Å²) in [7, 11) is 0. The number of rotatable bonds is 9. The lowest BCUT2D eigenvalue weighted by Crippen LogP contribution is -2.21. The van der Waals surface area contributed by atoms with Gasteiger partial charge in [0.1, 0.15) is 31.1 Å². The molecule has 0 aliphatic carbocycles. The van der Waals surface area contributed by atoms with Gasteiger partial charge in [-0.15, -0.1) is 0 Å². The first kappa shape index (κ1) is 19.3. The van der Waals surface area contributed by atoms with Crippen molar-refractivity contribution in [3.05, 3.63) is 59.7 Å². The maximum atomic E-state index is 11.3. The van der Waals surface area contributed by atoms with Crippen LogP contribution in [0.5, 0.6) is 11.5 Å². The van der Waals surface area contributed by atoms with Crippen LogP contribution >= 0.6 is 0 Å². The molecule has 0 aliphatic heterocycles. The molecule has 0 aromatic heterocycles. The van der Waals surface area contributed by atoms with Gasteiger partial charge in [0.05, 0.1) is 6.07 Å². The Morgan fingerprint density at radius 2 is 1.77 bits per heavy atom. The van der Waals surface area contributed by atoms with E-state index >= 15 is 0 Å².